The van der Waals surface area contributed by atoms with Gasteiger partial charge in [-0.25, -0.2) is 9.68 Å². The molecule has 4 aromatic rings. The number of carbonyl (C=O) groups excluding carboxylic acids is 1. The highest BCUT2D eigenvalue weighted by atomic mass is 17.2. The molecule has 0 radical (unpaired) electrons. The molecular weight excluding hydrogens is 564 g/mol. The van der Waals surface area contributed by atoms with E-state index in [1.54, 1.807) is 12.1 Å². The molecule has 4 rings (SSSR count). The van der Waals surface area contributed by atoms with Crippen molar-refractivity contribution in [3.05, 3.63) is 108 Å². The van der Waals surface area contributed by atoms with Gasteiger partial charge in [-0.2, -0.15) is 4.89 Å². The van der Waals surface area contributed by atoms with Crippen molar-refractivity contribution in [2.75, 3.05) is 13.7 Å². The Labute approximate surface area is 267 Å². The van der Waals surface area contributed by atoms with E-state index in [9.17, 15) is 4.79 Å². The zero-order chi connectivity index (χ0) is 32.0. The molecule has 6 nitrogen and oxygen atoms in total. The number of unbranched alkanes of at least 4 members (excludes halogenated alkanes) is 4. The van der Waals surface area contributed by atoms with Gasteiger partial charge in [-0.15, -0.1) is 0 Å². The van der Waals surface area contributed by atoms with Crippen molar-refractivity contribution in [2.45, 2.75) is 65.2 Å². The molecule has 0 aliphatic rings. The standard InChI is InChI=1S/C39H44O6/c1-5-7-9-11-33-25-31(17-23-37(33)29-13-19-35(20-14-29)43-42-4)32-18-24-38(34(26-32)12-10-8-6-2)30-15-21-36(22-16-30)44-45-39(41)28(3)27-40/h13-26,40H,3,5-12,27H2,1-2,4H3. The van der Waals surface area contributed by atoms with Gasteiger partial charge < -0.3 is 9.99 Å². The Kier molecular flexibility index (Phi) is 12.8. The first-order valence-electron chi connectivity index (χ1n) is 15.8. The fourth-order valence-corrected chi connectivity index (χ4v) is 5.34. The quantitative estimate of drug-likeness (QED) is 0.0557. The molecular formula is C39H44O6. The third kappa shape index (κ3) is 9.30. The first kappa shape index (κ1) is 33.5. The van der Waals surface area contributed by atoms with Gasteiger partial charge in [0.05, 0.1) is 19.3 Å². The van der Waals surface area contributed by atoms with E-state index in [1.807, 2.05) is 24.3 Å². The molecule has 0 atom stereocenters. The van der Waals surface area contributed by atoms with Crippen LogP contribution in [0.2, 0.25) is 0 Å². The van der Waals surface area contributed by atoms with E-state index in [0.717, 1.165) is 43.2 Å². The first-order chi connectivity index (χ1) is 22.0. The van der Waals surface area contributed by atoms with Crippen LogP contribution in [0.4, 0.5) is 0 Å². The predicted molar refractivity (Wildman–Crippen MR) is 180 cm³/mol. The summed E-state index contributed by atoms with van der Waals surface area (Å²) in [6.45, 7) is 7.41. The molecule has 0 heterocycles. The SMILES string of the molecule is C=C(CO)C(=O)OOc1ccc(-c2ccc(-c3ccc(-c4ccc(OOC)cc4)c(CCCCC)c3)cc2CCCCC)cc1. The molecule has 45 heavy (non-hydrogen) atoms. The van der Waals surface area contributed by atoms with Crippen LogP contribution < -0.4 is 9.78 Å². The lowest BCUT2D eigenvalue weighted by molar-refractivity contribution is -0.209. The maximum atomic E-state index is 11.8. The predicted octanol–water partition coefficient (Wildman–Crippen LogP) is 9.48. The zero-order valence-electron chi connectivity index (χ0n) is 26.6. The molecule has 0 unspecified atom stereocenters. The van der Waals surface area contributed by atoms with Gasteiger partial charge in [-0.3, -0.25) is 4.89 Å². The molecule has 0 aromatic heterocycles. The van der Waals surface area contributed by atoms with E-state index >= 15 is 0 Å². The third-order valence-corrected chi connectivity index (χ3v) is 7.85. The summed E-state index contributed by atoms with van der Waals surface area (Å²) in [7, 11) is 1.51. The topological polar surface area (TPSA) is 74.2 Å². The normalized spacial score (nSPS) is 10.8. The van der Waals surface area contributed by atoms with Gasteiger partial charge in [0.25, 0.3) is 0 Å². The smallest absolute Gasteiger partial charge is 0.383 e. The Morgan fingerprint density at radius 3 is 1.51 bits per heavy atom. The van der Waals surface area contributed by atoms with Crippen molar-refractivity contribution in [1.82, 2.24) is 0 Å². The van der Waals surface area contributed by atoms with E-state index in [2.05, 4.69) is 69.0 Å². The molecule has 0 bridgehead atoms. The third-order valence-electron chi connectivity index (χ3n) is 7.85. The summed E-state index contributed by atoms with van der Waals surface area (Å²) < 4.78 is 0. The van der Waals surface area contributed by atoms with Crippen molar-refractivity contribution in [2.24, 2.45) is 0 Å². The van der Waals surface area contributed by atoms with E-state index in [1.165, 1.54) is 59.8 Å². The number of aliphatic hydroxyl groups excluding tert-OH is 1. The molecule has 1 N–H and O–H groups in total. The van der Waals surface area contributed by atoms with Gasteiger partial charge in [0.15, 0.2) is 11.5 Å². The lowest BCUT2D eigenvalue weighted by Crippen LogP contribution is -2.12. The lowest BCUT2D eigenvalue weighted by Gasteiger charge is -2.16. The van der Waals surface area contributed by atoms with Crippen molar-refractivity contribution in [3.63, 3.8) is 0 Å². The van der Waals surface area contributed by atoms with Crippen LogP contribution in [-0.2, 0) is 27.4 Å². The van der Waals surface area contributed by atoms with Crippen molar-refractivity contribution in [1.29, 1.82) is 0 Å². The maximum absolute atomic E-state index is 11.8. The van der Waals surface area contributed by atoms with Gasteiger partial charge in [0.2, 0.25) is 0 Å². The Hall–Kier alpha value is -4.39. The summed E-state index contributed by atoms with van der Waals surface area (Å²) in [5, 5.41) is 9.04. The number of carbonyl (C=O) groups is 1. The minimum atomic E-state index is -0.800. The monoisotopic (exact) mass is 608 g/mol. The fourth-order valence-electron chi connectivity index (χ4n) is 5.34. The fraction of sp³-hybridized carbons (Fsp3) is 0.308. The Morgan fingerprint density at radius 2 is 1.09 bits per heavy atom. The molecule has 0 saturated heterocycles. The second-order valence-corrected chi connectivity index (χ2v) is 11.2. The highest BCUT2D eigenvalue weighted by Gasteiger charge is 2.13. The summed E-state index contributed by atoms with van der Waals surface area (Å²) in [5.74, 6) is 0.265. The van der Waals surface area contributed by atoms with Crippen LogP contribution in [-0.4, -0.2) is 24.8 Å². The second kappa shape index (κ2) is 17.2. The van der Waals surface area contributed by atoms with Crippen LogP contribution in [0.3, 0.4) is 0 Å². The minimum absolute atomic E-state index is 0.0714. The molecule has 0 saturated carbocycles. The molecule has 0 aliphatic heterocycles. The number of hydrogen-bond donors (Lipinski definition) is 1. The number of aliphatic hydroxyl groups is 1. The average molecular weight is 609 g/mol. The molecule has 0 aliphatic carbocycles. The average Bonchev–Trinajstić information content (AvgIpc) is 3.08. The first-order valence-corrected chi connectivity index (χ1v) is 15.8. The number of rotatable bonds is 17. The molecule has 0 spiro atoms. The summed E-state index contributed by atoms with van der Waals surface area (Å²) in [5.41, 5.74) is 9.62. The number of aryl methyl sites for hydroxylation is 2. The van der Waals surface area contributed by atoms with Gasteiger partial charge in [-0.1, -0.05) is 107 Å². The minimum Gasteiger partial charge on any atom is -0.391 e. The molecule has 0 fully saturated rings. The Balaban J connectivity index is 1.63. The van der Waals surface area contributed by atoms with E-state index in [0.29, 0.717) is 11.5 Å². The van der Waals surface area contributed by atoms with Gasteiger partial charge in [0, 0.05) is 0 Å². The maximum Gasteiger partial charge on any atom is 0.383 e. The van der Waals surface area contributed by atoms with E-state index < -0.39 is 12.6 Å². The van der Waals surface area contributed by atoms with Gasteiger partial charge in [0.1, 0.15) is 0 Å². The second-order valence-electron chi connectivity index (χ2n) is 11.2. The molecule has 236 valence electrons. The molecule has 4 aromatic carbocycles. The zero-order valence-corrected chi connectivity index (χ0v) is 26.6. The highest BCUT2D eigenvalue weighted by Crippen LogP contribution is 2.35. The van der Waals surface area contributed by atoms with Crippen LogP contribution >= 0.6 is 0 Å². The van der Waals surface area contributed by atoms with Crippen LogP contribution in [0.5, 0.6) is 11.5 Å². The molecule has 0 amide bonds. The van der Waals surface area contributed by atoms with Crippen LogP contribution in [0, 0.1) is 0 Å². The van der Waals surface area contributed by atoms with Crippen LogP contribution in [0.25, 0.3) is 33.4 Å². The lowest BCUT2D eigenvalue weighted by atomic mass is 9.89. The van der Waals surface area contributed by atoms with E-state index in [-0.39, 0.29) is 5.57 Å². The van der Waals surface area contributed by atoms with Crippen molar-refractivity contribution >= 4 is 5.97 Å². The van der Waals surface area contributed by atoms with Gasteiger partial charge >= 0.3 is 5.97 Å². The van der Waals surface area contributed by atoms with Crippen molar-refractivity contribution in [3.8, 4) is 44.9 Å². The van der Waals surface area contributed by atoms with Crippen molar-refractivity contribution < 1.29 is 29.5 Å². The summed E-state index contributed by atoms with van der Waals surface area (Å²) in [6.07, 6.45) is 8.97. The Morgan fingerprint density at radius 1 is 0.644 bits per heavy atom. The summed E-state index contributed by atoms with van der Waals surface area (Å²) in [6, 6.07) is 29.1. The summed E-state index contributed by atoms with van der Waals surface area (Å²) >= 11 is 0. The largest absolute Gasteiger partial charge is 0.391 e. The van der Waals surface area contributed by atoms with Crippen LogP contribution in [0.1, 0.15) is 63.5 Å². The Bertz CT molecular complexity index is 1540. The number of benzene rings is 4. The van der Waals surface area contributed by atoms with Gasteiger partial charge in [-0.05, 0) is 94.5 Å². The van der Waals surface area contributed by atoms with E-state index in [4.69, 9.17) is 24.7 Å². The molecule has 6 heteroatoms. The summed E-state index contributed by atoms with van der Waals surface area (Å²) in [4.78, 5) is 31.6. The number of hydrogen-bond acceptors (Lipinski definition) is 6. The van der Waals surface area contributed by atoms with Crippen LogP contribution in [0.15, 0.2) is 97.1 Å². The highest BCUT2D eigenvalue weighted by molar-refractivity contribution is 5.87.